The van der Waals surface area contributed by atoms with E-state index >= 15 is 0 Å². The molecule has 0 aliphatic rings. The maximum Gasteiger partial charge on any atom is 0.239 e. The van der Waals surface area contributed by atoms with Gasteiger partial charge in [0.1, 0.15) is 10.8 Å². The van der Waals surface area contributed by atoms with Gasteiger partial charge in [0.25, 0.3) is 0 Å². The minimum Gasteiger partial charge on any atom is -0.437 e. The van der Waals surface area contributed by atoms with Crippen molar-refractivity contribution in [3.8, 4) is 11.6 Å². The van der Waals surface area contributed by atoms with Gasteiger partial charge >= 0.3 is 0 Å². The first-order valence-electron chi connectivity index (χ1n) is 5.66. The quantitative estimate of drug-likeness (QED) is 0.657. The summed E-state index contributed by atoms with van der Waals surface area (Å²) in [6.07, 6.45) is 0. The van der Waals surface area contributed by atoms with Crippen molar-refractivity contribution in [1.82, 2.24) is 4.98 Å². The van der Waals surface area contributed by atoms with Crippen LogP contribution in [0, 0.1) is 20.8 Å². The first-order valence-corrected chi connectivity index (χ1v) is 6.79. The zero-order chi connectivity index (χ0) is 14.2. The third-order valence-corrected chi connectivity index (χ3v) is 3.87. The first kappa shape index (κ1) is 14.4. The van der Waals surface area contributed by atoms with Gasteiger partial charge in [-0.3, -0.25) is 0 Å². The number of aromatic nitrogens is 1. The lowest BCUT2D eigenvalue weighted by Gasteiger charge is -2.14. The van der Waals surface area contributed by atoms with E-state index in [-0.39, 0.29) is 11.0 Å². The zero-order valence-corrected chi connectivity index (χ0v) is 13.0. The van der Waals surface area contributed by atoms with Gasteiger partial charge in [-0.05, 0) is 43.5 Å². The highest BCUT2D eigenvalue weighted by Gasteiger charge is 2.13. The predicted molar refractivity (Wildman–Crippen MR) is 80.0 cm³/mol. The normalized spacial score (nSPS) is 10.6. The lowest BCUT2D eigenvalue weighted by molar-refractivity contribution is 0.456. The van der Waals surface area contributed by atoms with E-state index in [1.807, 2.05) is 32.9 Å². The van der Waals surface area contributed by atoms with Crippen LogP contribution in [0.4, 0.5) is 0 Å². The Bertz CT molecular complexity index is 641. The minimum absolute atomic E-state index is 0.170. The molecular weight excluding hydrogens is 305 g/mol. The molecule has 0 fully saturated rings. The monoisotopic (exact) mass is 315 g/mol. The fourth-order valence-corrected chi connectivity index (χ4v) is 2.21. The fraction of sp³-hybridized carbons (Fsp3) is 0.214. The summed E-state index contributed by atoms with van der Waals surface area (Å²) in [5, 5.41) is 0.801. The molecule has 0 atom stereocenters. The summed E-state index contributed by atoms with van der Waals surface area (Å²) in [5.41, 5.74) is 3.19. The van der Waals surface area contributed by atoms with E-state index in [1.54, 1.807) is 0 Å². The molecule has 0 aliphatic heterocycles. The number of benzene rings is 1. The van der Waals surface area contributed by atoms with E-state index in [9.17, 15) is 0 Å². The molecule has 0 amide bonds. The lowest BCUT2D eigenvalue weighted by atomic mass is 10.1. The van der Waals surface area contributed by atoms with Crippen LogP contribution in [-0.4, -0.2) is 4.98 Å². The second kappa shape index (κ2) is 5.58. The van der Waals surface area contributed by atoms with Gasteiger partial charge in [0.2, 0.25) is 5.88 Å². The van der Waals surface area contributed by atoms with Gasteiger partial charge in [0.15, 0.2) is 5.15 Å². The molecule has 1 heterocycles. The number of ether oxygens (including phenoxy) is 1. The number of hydrogen-bond donors (Lipinski definition) is 0. The van der Waals surface area contributed by atoms with Crippen LogP contribution in [0.1, 0.15) is 16.7 Å². The highest BCUT2D eigenvalue weighted by molar-refractivity contribution is 6.42. The Morgan fingerprint density at radius 3 is 2.26 bits per heavy atom. The SMILES string of the molecule is Cc1ccc(C)c(Oc2nc(Cl)c(Cl)cc2Cl)c1C. The summed E-state index contributed by atoms with van der Waals surface area (Å²) in [6.45, 7) is 5.97. The molecule has 2 rings (SSSR count). The van der Waals surface area contributed by atoms with Crippen LogP contribution in [0.25, 0.3) is 0 Å². The second-order valence-electron chi connectivity index (χ2n) is 4.30. The van der Waals surface area contributed by atoms with Crippen molar-refractivity contribution in [2.75, 3.05) is 0 Å². The molecule has 0 radical (unpaired) electrons. The Morgan fingerprint density at radius 2 is 1.58 bits per heavy atom. The van der Waals surface area contributed by atoms with Crippen LogP contribution in [0.5, 0.6) is 11.6 Å². The summed E-state index contributed by atoms with van der Waals surface area (Å²) < 4.78 is 5.80. The van der Waals surface area contributed by atoms with Crippen LogP contribution in [0.3, 0.4) is 0 Å². The molecular formula is C14H12Cl3NO. The average molecular weight is 317 g/mol. The molecule has 0 saturated carbocycles. The minimum atomic E-state index is 0.170. The van der Waals surface area contributed by atoms with E-state index in [1.165, 1.54) is 6.07 Å². The number of pyridine rings is 1. The third kappa shape index (κ3) is 2.97. The Morgan fingerprint density at radius 1 is 0.947 bits per heavy atom. The summed E-state index contributed by atoms with van der Waals surface area (Å²) in [5.74, 6) is 1.00. The smallest absolute Gasteiger partial charge is 0.239 e. The number of rotatable bonds is 2. The average Bonchev–Trinajstić information content (AvgIpc) is 2.36. The number of nitrogens with zero attached hydrogens (tertiary/aromatic N) is 1. The molecule has 0 saturated heterocycles. The predicted octanol–water partition coefficient (Wildman–Crippen LogP) is 5.76. The van der Waals surface area contributed by atoms with E-state index in [4.69, 9.17) is 39.5 Å². The van der Waals surface area contributed by atoms with Gasteiger partial charge in [-0.25, -0.2) is 0 Å². The summed E-state index contributed by atoms with van der Waals surface area (Å²) in [4.78, 5) is 4.06. The Kier molecular flexibility index (Phi) is 4.24. The van der Waals surface area contributed by atoms with Gasteiger partial charge in [-0.1, -0.05) is 46.9 Å². The Hall–Kier alpha value is -0.960. The van der Waals surface area contributed by atoms with Gasteiger partial charge in [-0.15, -0.1) is 0 Å². The number of aryl methyl sites for hydroxylation is 2. The van der Waals surface area contributed by atoms with Crippen LogP contribution in [-0.2, 0) is 0 Å². The lowest BCUT2D eigenvalue weighted by Crippen LogP contribution is -1.96. The standard InChI is InChI=1S/C14H12Cl3NO/c1-7-4-5-8(2)12(9(7)3)19-14-11(16)6-10(15)13(17)18-14/h4-6H,1-3H3. The molecule has 19 heavy (non-hydrogen) atoms. The van der Waals surface area contributed by atoms with Crippen molar-refractivity contribution < 1.29 is 4.74 Å². The van der Waals surface area contributed by atoms with E-state index in [0.29, 0.717) is 10.0 Å². The fourth-order valence-electron chi connectivity index (χ4n) is 1.68. The molecule has 2 aromatic rings. The van der Waals surface area contributed by atoms with Crippen molar-refractivity contribution in [3.05, 3.63) is 50.1 Å². The van der Waals surface area contributed by atoms with Crippen molar-refractivity contribution >= 4 is 34.8 Å². The Balaban J connectivity index is 2.48. The molecule has 2 nitrogen and oxygen atoms in total. The maximum atomic E-state index is 6.07. The molecule has 0 N–H and O–H groups in total. The van der Waals surface area contributed by atoms with Crippen molar-refractivity contribution in [2.45, 2.75) is 20.8 Å². The Labute approximate surface area is 127 Å². The van der Waals surface area contributed by atoms with Crippen LogP contribution in [0.15, 0.2) is 18.2 Å². The van der Waals surface area contributed by atoms with Gasteiger partial charge in [0.05, 0.1) is 5.02 Å². The molecule has 0 spiro atoms. The first-order chi connectivity index (χ1) is 8.90. The van der Waals surface area contributed by atoms with Crippen molar-refractivity contribution in [3.63, 3.8) is 0 Å². The van der Waals surface area contributed by atoms with Crippen LogP contribution in [0.2, 0.25) is 15.2 Å². The third-order valence-electron chi connectivity index (χ3n) is 2.93. The highest BCUT2D eigenvalue weighted by atomic mass is 35.5. The van der Waals surface area contributed by atoms with E-state index in [0.717, 1.165) is 22.4 Å². The van der Waals surface area contributed by atoms with Gasteiger partial charge in [-0.2, -0.15) is 4.98 Å². The van der Waals surface area contributed by atoms with Gasteiger partial charge < -0.3 is 4.74 Å². The topological polar surface area (TPSA) is 22.1 Å². The summed E-state index contributed by atoms with van der Waals surface area (Å²) in [7, 11) is 0. The number of halogens is 3. The number of hydrogen-bond acceptors (Lipinski definition) is 2. The molecule has 0 aliphatic carbocycles. The van der Waals surface area contributed by atoms with Crippen molar-refractivity contribution in [1.29, 1.82) is 0 Å². The molecule has 1 aromatic carbocycles. The van der Waals surface area contributed by atoms with Crippen molar-refractivity contribution in [2.24, 2.45) is 0 Å². The van der Waals surface area contributed by atoms with Crippen LogP contribution < -0.4 is 4.74 Å². The second-order valence-corrected chi connectivity index (χ2v) is 5.48. The molecule has 5 heteroatoms. The molecule has 1 aromatic heterocycles. The zero-order valence-electron chi connectivity index (χ0n) is 10.7. The highest BCUT2D eigenvalue weighted by Crippen LogP contribution is 2.36. The maximum absolute atomic E-state index is 6.07. The molecule has 0 bridgehead atoms. The van der Waals surface area contributed by atoms with E-state index in [2.05, 4.69) is 4.98 Å². The van der Waals surface area contributed by atoms with Crippen LogP contribution >= 0.6 is 34.8 Å². The van der Waals surface area contributed by atoms with Gasteiger partial charge in [0, 0.05) is 0 Å². The molecule has 0 unspecified atom stereocenters. The largest absolute Gasteiger partial charge is 0.437 e. The molecule has 100 valence electrons. The summed E-state index contributed by atoms with van der Waals surface area (Å²) in [6, 6.07) is 5.55. The summed E-state index contributed by atoms with van der Waals surface area (Å²) >= 11 is 17.8. The van der Waals surface area contributed by atoms with E-state index < -0.39 is 0 Å².